The summed E-state index contributed by atoms with van der Waals surface area (Å²) in [5, 5.41) is 11.6. The van der Waals surface area contributed by atoms with Crippen LogP contribution in [-0.2, 0) is 4.79 Å². The van der Waals surface area contributed by atoms with Crippen LogP contribution in [-0.4, -0.2) is 29.9 Å². The van der Waals surface area contributed by atoms with Crippen molar-refractivity contribution < 1.29 is 4.79 Å². The van der Waals surface area contributed by atoms with Crippen molar-refractivity contribution in [2.75, 3.05) is 18.4 Å². The topological polar surface area (TPSA) is 56.1 Å². The highest BCUT2D eigenvalue weighted by atomic mass is 16.2. The Hall–Kier alpha value is -1.86. The van der Waals surface area contributed by atoms with E-state index in [4.69, 9.17) is 5.26 Å². The molecule has 1 fully saturated rings. The zero-order chi connectivity index (χ0) is 14.4. The smallest absolute Gasteiger partial charge is 0.238 e. The van der Waals surface area contributed by atoms with Gasteiger partial charge in [-0.3, -0.25) is 9.69 Å². The lowest BCUT2D eigenvalue weighted by Crippen LogP contribution is -2.43. The average Bonchev–Trinajstić information content (AvgIpc) is 2.48. The maximum atomic E-state index is 12.1. The van der Waals surface area contributed by atoms with Crippen LogP contribution in [0.5, 0.6) is 0 Å². The zero-order valence-electron chi connectivity index (χ0n) is 11.9. The van der Waals surface area contributed by atoms with Gasteiger partial charge in [-0.25, -0.2) is 0 Å². The molecule has 1 unspecified atom stereocenters. The minimum Gasteiger partial charge on any atom is -0.325 e. The Morgan fingerprint density at radius 1 is 1.40 bits per heavy atom. The summed E-state index contributed by atoms with van der Waals surface area (Å²) in [5.74, 6) is 0.0232. The van der Waals surface area contributed by atoms with Crippen molar-refractivity contribution in [3.05, 3.63) is 29.8 Å². The number of nitriles is 1. The molecule has 0 aliphatic carbocycles. The number of nitrogens with one attached hydrogen (secondary N) is 1. The molecule has 1 amide bonds. The molecule has 1 atom stereocenters. The van der Waals surface area contributed by atoms with E-state index in [1.807, 2.05) is 0 Å². The quantitative estimate of drug-likeness (QED) is 0.916. The van der Waals surface area contributed by atoms with Gasteiger partial charge in [0.1, 0.15) is 0 Å². The van der Waals surface area contributed by atoms with Gasteiger partial charge >= 0.3 is 0 Å². The minimum absolute atomic E-state index is 0.0232. The molecule has 1 aliphatic rings. The minimum atomic E-state index is 0.0232. The molecular weight excluding hydrogens is 250 g/mol. The van der Waals surface area contributed by atoms with Gasteiger partial charge in [-0.15, -0.1) is 0 Å². The molecule has 1 aromatic carbocycles. The zero-order valence-corrected chi connectivity index (χ0v) is 11.9. The number of carbonyl (C=O) groups is 1. The second kappa shape index (κ2) is 7.06. The summed E-state index contributed by atoms with van der Waals surface area (Å²) in [6, 6.07) is 9.57. The normalized spacial score (nSPS) is 19.3. The summed E-state index contributed by atoms with van der Waals surface area (Å²) in [5.41, 5.74) is 1.35. The number of carbonyl (C=O) groups excluding carboxylic acids is 1. The lowest BCUT2D eigenvalue weighted by Gasteiger charge is -2.34. The van der Waals surface area contributed by atoms with Crippen molar-refractivity contribution in [1.82, 2.24) is 4.90 Å². The molecule has 1 aliphatic heterocycles. The molecular formula is C16H21N3O. The van der Waals surface area contributed by atoms with Crippen LogP contribution in [0.4, 0.5) is 5.69 Å². The van der Waals surface area contributed by atoms with Gasteiger partial charge in [0.2, 0.25) is 5.91 Å². The van der Waals surface area contributed by atoms with Gasteiger partial charge in [0.25, 0.3) is 0 Å². The SMILES string of the molecule is CCC1CCCCN1CC(=O)Nc1ccc(C#N)cc1. The number of amides is 1. The summed E-state index contributed by atoms with van der Waals surface area (Å²) in [6.45, 7) is 3.65. The molecule has 4 nitrogen and oxygen atoms in total. The van der Waals surface area contributed by atoms with E-state index in [0.29, 0.717) is 18.2 Å². The first-order chi connectivity index (χ1) is 9.72. The van der Waals surface area contributed by atoms with Crippen molar-refractivity contribution in [2.45, 2.75) is 38.6 Å². The number of nitrogens with zero attached hydrogens (tertiary/aromatic N) is 2. The standard InChI is InChI=1S/C16H21N3O/c1-2-15-5-3-4-10-19(15)12-16(20)18-14-8-6-13(11-17)7-9-14/h6-9,15H,2-5,10,12H2,1H3,(H,18,20). The number of benzene rings is 1. The van der Waals surface area contributed by atoms with Gasteiger partial charge in [-0.1, -0.05) is 13.3 Å². The van der Waals surface area contributed by atoms with Crippen molar-refractivity contribution in [2.24, 2.45) is 0 Å². The number of rotatable bonds is 4. The van der Waals surface area contributed by atoms with E-state index in [1.54, 1.807) is 24.3 Å². The Bertz CT molecular complexity index is 489. The lowest BCUT2D eigenvalue weighted by molar-refractivity contribution is -0.118. The lowest BCUT2D eigenvalue weighted by atomic mass is 10.00. The number of hydrogen-bond acceptors (Lipinski definition) is 3. The van der Waals surface area contributed by atoms with Gasteiger partial charge in [0.05, 0.1) is 18.2 Å². The molecule has 0 aromatic heterocycles. The highest BCUT2D eigenvalue weighted by Gasteiger charge is 2.22. The van der Waals surface area contributed by atoms with Gasteiger partial charge in [0.15, 0.2) is 0 Å². The first-order valence-corrected chi connectivity index (χ1v) is 7.27. The fourth-order valence-electron chi connectivity index (χ4n) is 2.74. The van der Waals surface area contributed by atoms with Gasteiger partial charge in [0, 0.05) is 11.7 Å². The molecule has 0 radical (unpaired) electrons. The van der Waals surface area contributed by atoms with E-state index in [9.17, 15) is 4.79 Å². The summed E-state index contributed by atoms with van der Waals surface area (Å²) >= 11 is 0. The van der Waals surface area contributed by atoms with Crippen molar-refractivity contribution in [3.8, 4) is 6.07 Å². The molecule has 1 heterocycles. The molecule has 1 aromatic rings. The third-order valence-electron chi connectivity index (χ3n) is 3.86. The van der Waals surface area contributed by atoms with Gasteiger partial charge in [-0.2, -0.15) is 5.26 Å². The summed E-state index contributed by atoms with van der Waals surface area (Å²) in [4.78, 5) is 14.4. The van der Waals surface area contributed by atoms with E-state index in [-0.39, 0.29) is 5.91 Å². The Labute approximate surface area is 120 Å². The molecule has 2 rings (SSSR count). The van der Waals surface area contributed by atoms with Crippen LogP contribution < -0.4 is 5.32 Å². The maximum Gasteiger partial charge on any atom is 0.238 e. The number of hydrogen-bond donors (Lipinski definition) is 1. The maximum absolute atomic E-state index is 12.1. The average molecular weight is 271 g/mol. The van der Waals surface area contributed by atoms with E-state index in [2.05, 4.69) is 23.2 Å². The largest absolute Gasteiger partial charge is 0.325 e. The number of likely N-dealkylation sites (tertiary alicyclic amines) is 1. The van der Waals surface area contributed by atoms with Gasteiger partial charge < -0.3 is 5.32 Å². The Balaban J connectivity index is 1.89. The second-order valence-electron chi connectivity index (χ2n) is 5.27. The van der Waals surface area contributed by atoms with E-state index in [0.717, 1.165) is 18.7 Å². The molecule has 1 saturated heterocycles. The monoisotopic (exact) mass is 271 g/mol. The van der Waals surface area contributed by atoms with Crippen molar-refractivity contribution >= 4 is 11.6 Å². The van der Waals surface area contributed by atoms with E-state index in [1.165, 1.54) is 19.3 Å². The molecule has 20 heavy (non-hydrogen) atoms. The predicted molar refractivity (Wildman–Crippen MR) is 79.3 cm³/mol. The molecule has 1 N–H and O–H groups in total. The van der Waals surface area contributed by atoms with Crippen LogP contribution in [0.15, 0.2) is 24.3 Å². The van der Waals surface area contributed by atoms with Gasteiger partial charge in [-0.05, 0) is 50.1 Å². The summed E-state index contributed by atoms with van der Waals surface area (Å²) < 4.78 is 0. The van der Waals surface area contributed by atoms with Crippen LogP contribution in [0.1, 0.15) is 38.2 Å². The summed E-state index contributed by atoms with van der Waals surface area (Å²) in [6.07, 6.45) is 4.75. The van der Waals surface area contributed by atoms with Crippen molar-refractivity contribution in [1.29, 1.82) is 5.26 Å². The molecule has 4 heteroatoms. The predicted octanol–water partition coefficient (Wildman–Crippen LogP) is 2.76. The molecule has 0 spiro atoms. The molecule has 106 valence electrons. The van der Waals surface area contributed by atoms with E-state index < -0.39 is 0 Å². The highest BCUT2D eigenvalue weighted by Crippen LogP contribution is 2.19. The Kier molecular flexibility index (Phi) is 5.14. The van der Waals surface area contributed by atoms with Crippen LogP contribution in [0.25, 0.3) is 0 Å². The van der Waals surface area contributed by atoms with Crippen LogP contribution in [0, 0.1) is 11.3 Å². The molecule has 0 saturated carbocycles. The summed E-state index contributed by atoms with van der Waals surface area (Å²) in [7, 11) is 0. The second-order valence-corrected chi connectivity index (χ2v) is 5.27. The third kappa shape index (κ3) is 3.82. The Morgan fingerprint density at radius 3 is 2.80 bits per heavy atom. The van der Waals surface area contributed by atoms with Crippen LogP contribution in [0.3, 0.4) is 0 Å². The first-order valence-electron chi connectivity index (χ1n) is 7.27. The number of anilines is 1. The highest BCUT2D eigenvalue weighted by molar-refractivity contribution is 5.92. The number of piperidine rings is 1. The first kappa shape index (κ1) is 14.5. The van der Waals surface area contributed by atoms with Crippen LogP contribution >= 0.6 is 0 Å². The van der Waals surface area contributed by atoms with Crippen LogP contribution in [0.2, 0.25) is 0 Å². The Morgan fingerprint density at radius 2 is 2.15 bits per heavy atom. The van der Waals surface area contributed by atoms with E-state index >= 15 is 0 Å². The fraction of sp³-hybridized carbons (Fsp3) is 0.500. The van der Waals surface area contributed by atoms with Crippen molar-refractivity contribution in [3.63, 3.8) is 0 Å². The third-order valence-corrected chi connectivity index (χ3v) is 3.86. The molecule has 0 bridgehead atoms. The fourth-order valence-corrected chi connectivity index (χ4v) is 2.74.